The number of anilines is 1. The molecule has 8 heteroatoms. The van der Waals surface area contributed by atoms with Gasteiger partial charge in [-0.3, -0.25) is 14.9 Å². The van der Waals surface area contributed by atoms with Gasteiger partial charge in [0.05, 0.1) is 5.69 Å². The molecule has 0 radical (unpaired) electrons. The van der Waals surface area contributed by atoms with E-state index in [-0.39, 0.29) is 11.3 Å². The molecule has 1 atom stereocenters. The van der Waals surface area contributed by atoms with E-state index in [9.17, 15) is 14.4 Å². The number of ether oxygens (including phenoxy) is 1. The van der Waals surface area contributed by atoms with E-state index in [1.165, 1.54) is 29.9 Å². The highest BCUT2D eigenvalue weighted by Gasteiger charge is 2.26. The van der Waals surface area contributed by atoms with E-state index >= 15 is 0 Å². The summed E-state index contributed by atoms with van der Waals surface area (Å²) >= 11 is 1.29. The number of carbonyl (C=O) groups excluding carboxylic acids is 2. The summed E-state index contributed by atoms with van der Waals surface area (Å²) in [4.78, 5) is 42.9. The third kappa shape index (κ3) is 4.04. The van der Waals surface area contributed by atoms with Crippen LogP contribution in [0.4, 0.5) is 5.13 Å². The number of rotatable bonds is 5. The van der Waals surface area contributed by atoms with Gasteiger partial charge in [-0.25, -0.2) is 9.78 Å². The maximum atomic E-state index is 13.3. The Balaban J connectivity index is 1.74. The van der Waals surface area contributed by atoms with Gasteiger partial charge in [0.2, 0.25) is 0 Å². The fraction of sp³-hybridized carbons (Fsp3) is 0.167. The lowest BCUT2D eigenvalue weighted by atomic mass is 9.97. The summed E-state index contributed by atoms with van der Waals surface area (Å²) < 4.78 is 6.77. The number of fused-ring (bicyclic) bond motifs is 1. The lowest BCUT2D eigenvalue weighted by Gasteiger charge is -2.18. The van der Waals surface area contributed by atoms with Gasteiger partial charge in [0.25, 0.3) is 11.5 Å². The largest absolute Gasteiger partial charge is 0.448 e. The van der Waals surface area contributed by atoms with Crippen LogP contribution in [0, 0.1) is 6.92 Å². The normalized spacial score (nSPS) is 11.8. The van der Waals surface area contributed by atoms with Crippen LogP contribution in [0.3, 0.4) is 0 Å². The van der Waals surface area contributed by atoms with E-state index < -0.39 is 18.0 Å². The summed E-state index contributed by atoms with van der Waals surface area (Å²) in [5, 5.41) is 6.02. The summed E-state index contributed by atoms with van der Waals surface area (Å²) in [6, 6.07) is 16.4. The molecule has 4 aromatic rings. The van der Waals surface area contributed by atoms with E-state index in [0.717, 1.165) is 11.3 Å². The summed E-state index contributed by atoms with van der Waals surface area (Å²) in [5.41, 5.74) is 1.90. The molecule has 1 unspecified atom stereocenters. The first-order valence-electron chi connectivity index (χ1n) is 9.98. The monoisotopic (exact) mass is 447 g/mol. The molecule has 2 aromatic carbocycles. The van der Waals surface area contributed by atoms with Gasteiger partial charge >= 0.3 is 5.97 Å². The summed E-state index contributed by atoms with van der Waals surface area (Å²) in [5.74, 6) is -1.26. The molecule has 162 valence electrons. The molecule has 0 fully saturated rings. The van der Waals surface area contributed by atoms with E-state index in [0.29, 0.717) is 21.5 Å². The van der Waals surface area contributed by atoms with Crippen molar-refractivity contribution in [3.8, 4) is 11.1 Å². The zero-order chi connectivity index (χ0) is 22.8. The molecule has 1 amide bonds. The van der Waals surface area contributed by atoms with Crippen LogP contribution in [-0.2, 0) is 16.6 Å². The van der Waals surface area contributed by atoms with Crippen LogP contribution in [0.25, 0.3) is 21.9 Å². The summed E-state index contributed by atoms with van der Waals surface area (Å²) in [6.45, 7) is 3.30. The SMILES string of the molecule is Cc1csc(NC(=O)C(C)OC(=O)c2c(-c3ccccc3)c3ccccc3c(=O)n2C)n1. The number of carbonyl (C=O) groups is 2. The molecular formula is C24H21N3O4S. The molecule has 0 aliphatic heterocycles. The quantitative estimate of drug-likeness (QED) is 0.464. The molecule has 2 aromatic heterocycles. The standard InChI is InChI=1S/C24H21N3O4S/c1-14-13-32-24(25-14)26-21(28)15(2)31-23(30)20-19(16-9-5-4-6-10-16)17-11-7-8-12-18(17)22(29)27(20)3/h4-13,15H,1-3H3,(H,25,26,28). The van der Waals surface area contributed by atoms with Gasteiger partial charge in [-0.2, -0.15) is 0 Å². The first-order valence-corrected chi connectivity index (χ1v) is 10.9. The Kier molecular flexibility index (Phi) is 5.87. The second-order valence-corrected chi connectivity index (χ2v) is 8.19. The third-order valence-electron chi connectivity index (χ3n) is 5.06. The van der Waals surface area contributed by atoms with E-state index in [1.54, 1.807) is 18.2 Å². The minimum atomic E-state index is -1.09. The number of hydrogen-bond acceptors (Lipinski definition) is 6. The highest BCUT2D eigenvalue weighted by atomic mass is 32.1. The Hall–Kier alpha value is -3.78. The van der Waals surface area contributed by atoms with Gasteiger partial charge < -0.3 is 9.30 Å². The van der Waals surface area contributed by atoms with Crippen LogP contribution >= 0.6 is 11.3 Å². The second kappa shape index (κ2) is 8.76. The number of aromatic nitrogens is 2. The van der Waals surface area contributed by atoms with E-state index in [2.05, 4.69) is 10.3 Å². The van der Waals surface area contributed by atoms with Crippen molar-refractivity contribution in [2.75, 3.05) is 5.32 Å². The molecule has 0 saturated carbocycles. The summed E-state index contributed by atoms with van der Waals surface area (Å²) in [6.07, 6.45) is -1.09. The molecule has 4 rings (SSSR count). The number of nitrogens with one attached hydrogen (secondary N) is 1. The van der Waals surface area contributed by atoms with Crippen molar-refractivity contribution in [1.82, 2.24) is 9.55 Å². The average Bonchev–Trinajstić information content (AvgIpc) is 3.20. The van der Waals surface area contributed by atoms with Crippen LogP contribution < -0.4 is 10.9 Å². The molecule has 0 spiro atoms. The Bertz CT molecular complexity index is 1380. The van der Waals surface area contributed by atoms with Crippen molar-refractivity contribution >= 4 is 39.1 Å². The molecule has 0 bridgehead atoms. The van der Waals surface area contributed by atoms with E-state index in [4.69, 9.17) is 4.74 Å². The molecule has 32 heavy (non-hydrogen) atoms. The van der Waals surface area contributed by atoms with Crippen molar-refractivity contribution < 1.29 is 14.3 Å². The maximum absolute atomic E-state index is 13.3. The van der Waals surface area contributed by atoms with Crippen molar-refractivity contribution in [2.24, 2.45) is 7.05 Å². The predicted molar refractivity (Wildman–Crippen MR) is 125 cm³/mol. The Labute approximate surface area is 188 Å². The fourth-order valence-corrected chi connectivity index (χ4v) is 4.18. The zero-order valence-corrected chi connectivity index (χ0v) is 18.6. The van der Waals surface area contributed by atoms with Crippen molar-refractivity contribution in [3.63, 3.8) is 0 Å². The van der Waals surface area contributed by atoms with Crippen LogP contribution in [0.5, 0.6) is 0 Å². The molecular weight excluding hydrogens is 426 g/mol. The molecule has 0 aliphatic rings. The summed E-state index contributed by atoms with van der Waals surface area (Å²) in [7, 11) is 1.53. The number of aryl methyl sites for hydroxylation is 1. The Morgan fingerprint density at radius 3 is 2.38 bits per heavy atom. The Morgan fingerprint density at radius 2 is 1.72 bits per heavy atom. The zero-order valence-electron chi connectivity index (χ0n) is 17.8. The molecule has 7 nitrogen and oxygen atoms in total. The molecule has 2 heterocycles. The molecule has 1 N–H and O–H groups in total. The molecule has 0 saturated heterocycles. The fourth-order valence-electron chi connectivity index (χ4n) is 3.49. The number of esters is 1. The second-order valence-electron chi connectivity index (χ2n) is 7.33. The Morgan fingerprint density at radius 1 is 1.06 bits per heavy atom. The van der Waals surface area contributed by atoms with Crippen LogP contribution in [-0.4, -0.2) is 27.5 Å². The topological polar surface area (TPSA) is 90.3 Å². The van der Waals surface area contributed by atoms with Gasteiger partial charge in [0.1, 0.15) is 5.69 Å². The first-order chi connectivity index (χ1) is 15.4. The number of benzene rings is 2. The minimum Gasteiger partial charge on any atom is -0.448 e. The number of nitrogens with zero attached hydrogens (tertiary/aromatic N) is 2. The highest BCUT2D eigenvalue weighted by molar-refractivity contribution is 7.13. The van der Waals surface area contributed by atoms with Crippen LogP contribution in [0.15, 0.2) is 64.8 Å². The lowest BCUT2D eigenvalue weighted by Crippen LogP contribution is -2.32. The number of hydrogen-bond donors (Lipinski definition) is 1. The van der Waals surface area contributed by atoms with Crippen LogP contribution in [0.1, 0.15) is 23.1 Å². The first kappa shape index (κ1) is 21.5. The van der Waals surface area contributed by atoms with Crippen molar-refractivity contribution in [2.45, 2.75) is 20.0 Å². The average molecular weight is 448 g/mol. The highest BCUT2D eigenvalue weighted by Crippen LogP contribution is 2.31. The number of thiazole rings is 1. The number of amides is 1. The minimum absolute atomic E-state index is 0.0876. The van der Waals surface area contributed by atoms with E-state index in [1.807, 2.05) is 48.7 Å². The van der Waals surface area contributed by atoms with Gasteiger partial charge in [-0.15, -0.1) is 11.3 Å². The number of pyridine rings is 1. The smallest absolute Gasteiger partial charge is 0.356 e. The lowest BCUT2D eigenvalue weighted by molar-refractivity contribution is -0.123. The van der Waals surface area contributed by atoms with Gasteiger partial charge in [-0.1, -0.05) is 48.5 Å². The maximum Gasteiger partial charge on any atom is 0.356 e. The van der Waals surface area contributed by atoms with Gasteiger partial charge in [0, 0.05) is 23.4 Å². The van der Waals surface area contributed by atoms with Crippen LogP contribution in [0.2, 0.25) is 0 Å². The molecule has 0 aliphatic carbocycles. The van der Waals surface area contributed by atoms with Crippen molar-refractivity contribution in [3.05, 3.63) is 81.7 Å². The predicted octanol–water partition coefficient (Wildman–Crippen LogP) is 4.15. The van der Waals surface area contributed by atoms with Gasteiger partial charge in [0.15, 0.2) is 11.2 Å². The van der Waals surface area contributed by atoms with Gasteiger partial charge in [-0.05, 0) is 30.9 Å². The third-order valence-corrected chi connectivity index (χ3v) is 5.94. The van der Waals surface area contributed by atoms with Crippen molar-refractivity contribution in [1.29, 1.82) is 0 Å².